The van der Waals surface area contributed by atoms with Gasteiger partial charge in [-0.3, -0.25) is 0 Å². The molecule has 6 nitrogen and oxygen atoms in total. The second-order valence-corrected chi connectivity index (χ2v) is 4.35. The van der Waals surface area contributed by atoms with Crippen LogP contribution in [0.4, 0.5) is 0 Å². The molecular weight excluding hydrogens is 256 g/mol. The van der Waals surface area contributed by atoms with Gasteiger partial charge in [-0.25, -0.2) is 4.79 Å². The lowest BCUT2D eigenvalue weighted by Gasteiger charge is -2.05. The number of aromatic nitrogens is 2. The van der Waals surface area contributed by atoms with Gasteiger partial charge in [0.05, 0.1) is 12.7 Å². The van der Waals surface area contributed by atoms with Crippen LogP contribution in [0.2, 0.25) is 0 Å². The minimum atomic E-state index is -1.02. The third kappa shape index (κ3) is 2.62. The van der Waals surface area contributed by atoms with Crippen LogP contribution >= 0.6 is 11.8 Å². The quantitative estimate of drug-likeness (QED) is 0.908. The number of aryl methyl sites for hydroxylation is 1. The highest BCUT2D eigenvalue weighted by molar-refractivity contribution is 7.99. The number of benzene rings is 1. The SMILES string of the molecule is COc1ccc(C(=O)O)c(Sc2nnc(C)o2)c1. The Hall–Kier alpha value is -2.02. The van der Waals surface area contributed by atoms with Crippen LogP contribution in [0, 0.1) is 6.92 Å². The summed E-state index contributed by atoms with van der Waals surface area (Å²) in [6.45, 7) is 1.67. The minimum Gasteiger partial charge on any atom is -0.497 e. The molecule has 0 saturated carbocycles. The van der Waals surface area contributed by atoms with Gasteiger partial charge in [0, 0.05) is 11.8 Å². The maximum Gasteiger partial charge on any atom is 0.336 e. The summed E-state index contributed by atoms with van der Waals surface area (Å²) in [7, 11) is 1.51. The summed E-state index contributed by atoms with van der Waals surface area (Å²) in [4.78, 5) is 11.6. The average molecular weight is 266 g/mol. The highest BCUT2D eigenvalue weighted by Crippen LogP contribution is 2.32. The molecular formula is C11H10N2O4S. The Balaban J connectivity index is 2.37. The fourth-order valence-corrected chi connectivity index (χ4v) is 2.18. The molecule has 0 aliphatic carbocycles. The van der Waals surface area contributed by atoms with E-state index in [4.69, 9.17) is 14.3 Å². The average Bonchev–Trinajstić information content (AvgIpc) is 2.74. The molecule has 1 heterocycles. The molecule has 0 atom stereocenters. The third-order valence-corrected chi connectivity index (χ3v) is 3.02. The molecule has 1 aromatic carbocycles. The molecule has 1 aromatic heterocycles. The molecule has 0 spiro atoms. The lowest BCUT2D eigenvalue weighted by molar-refractivity contribution is 0.0693. The third-order valence-electron chi connectivity index (χ3n) is 2.12. The van der Waals surface area contributed by atoms with E-state index < -0.39 is 5.97 Å². The number of rotatable bonds is 4. The molecule has 1 N–H and O–H groups in total. The van der Waals surface area contributed by atoms with Crippen molar-refractivity contribution in [1.29, 1.82) is 0 Å². The van der Waals surface area contributed by atoms with Crippen LogP contribution in [-0.4, -0.2) is 28.4 Å². The zero-order valence-corrected chi connectivity index (χ0v) is 10.5. The summed E-state index contributed by atoms with van der Waals surface area (Å²) in [5.74, 6) is -0.0209. The molecule has 94 valence electrons. The maximum atomic E-state index is 11.1. The Labute approximate surface area is 107 Å². The predicted octanol–water partition coefficient (Wildman–Crippen LogP) is 2.24. The standard InChI is InChI=1S/C11H10N2O4S/c1-6-12-13-11(17-6)18-9-5-7(16-2)3-4-8(9)10(14)15/h3-5H,1-2H3,(H,14,15). The largest absolute Gasteiger partial charge is 0.497 e. The van der Waals surface area contributed by atoms with E-state index in [1.54, 1.807) is 19.1 Å². The molecule has 0 saturated heterocycles. The van der Waals surface area contributed by atoms with Crippen molar-refractivity contribution in [2.75, 3.05) is 7.11 Å². The van der Waals surface area contributed by atoms with Crippen LogP contribution in [0.3, 0.4) is 0 Å². The van der Waals surface area contributed by atoms with Crippen LogP contribution in [0.25, 0.3) is 0 Å². The highest BCUT2D eigenvalue weighted by Gasteiger charge is 2.15. The lowest BCUT2D eigenvalue weighted by atomic mass is 10.2. The van der Waals surface area contributed by atoms with Gasteiger partial charge in [0.25, 0.3) is 5.22 Å². The lowest BCUT2D eigenvalue weighted by Crippen LogP contribution is -1.99. The van der Waals surface area contributed by atoms with Crippen molar-refractivity contribution >= 4 is 17.7 Å². The van der Waals surface area contributed by atoms with Gasteiger partial charge >= 0.3 is 5.97 Å². The summed E-state index contributed by atoms with van der Waals surface area (Å²) in [6, 6.07) is 4.69. The van der Waals surface area contributed by atoms with Crippen molar-refractivity contribution in [3.05, 3.63) is 29.7 Å². The summed E-state index contributed by atoms with van der Waals surface area (Å²) < 4.78 is 10.3. The number of carboxylic acids is 1. The van der Waals surface area contributed by atoms with E-state index in [1.807, 2.05) is 0 Å². The van der Waals surface area contributed by atoms with Gasteiger partial charge in [-0.15, -0.1) is 10.2 Å². The van der Waals surface area contributed by atoms with E-state index in [9.17, 15) is 4.79 Å². The number of carboxylic acid groups (broad SMARTS) is 1. The first-order valence-electron chi connectivity index (χ1n) is 4.99. The second kappa shape index (κ2) is 5.09. The molecule has 0 unspecified atom stereocenters. The van der Waals surface area contributed by atoms with Crippen molar-refractivity contribution in [2.24, 2.45) is 0 Å². The highest BCUT2D eigenvalue weighted by atomic mass is 32.2. The van der Waals surface area contributed by atoms with E-state index in [1.165, 1.54) is 13.2 Å². The molecule has 0 aliphatic heterocycles. The van der Waals surface area contributed by atoms with Gasteiger partial charge in [-0.05, 0) is 30.0 Å². The monoisotopic (exact) mass is 266 g/mol. The van der Waals surface area contributed by atoms with E-state index in [0.717, 1.165) is 11.8 Å². The summed E-state index contributed by atoms with van der Waals surface area (Å²) >= 11 is 1.09. The van der Waals surface area contributed by atoms with E-state index in [2.05, 4.69) is 10.2 Å². The molecule has 7 heteroatoms. The van der Waals surface area contributed by atoms with Crippen molar-refractivity contribution < 1.29 is 19.1 Å². The number of ether oxygens (including phenoxy) is 1. The molecule has 0 bridgehead atoms. The number of hydrogen-bond donors (Lipinski definition) is 1. The van der Waals surface area contributed by atoms with Crippen LogP contribution in [0.5, 0.6) is 5.75 Å². The molecule has 0 fully saturated rings. The van der Waals surface area contributed by atoms with Crippen LogP contribution in [-0.2, 0) is 0 Å². The number of methoxy groups -OCH3 is 1. The first-order valence-corrected chi connectivity index (χ1v) is 5.81. The van der Waals surface area contributed by atoms with E-state index in [-0.39, 0.29) is 5.56 Å². The van der Waals surface area contributed by atoms with Crippen LogP contribution in [0.15, 0.2) is 32.7 Å². The van der Waals surface area contributed by atoms with Crippen molar-refractivity contribution in [1.82, 2.24) is 10.2 Å². The van der Waals surface area contributed by atoms with Crippen molar-refractivity contribution in [3.63, 3.8) is 0 Å². The van der Waals surface area contributed by atoms with Gasteiger partial charge in [-0.2, -0.15) is 0 Å². The minimum absolute atomic E-state index is 0.164. The summed E-state index contributed by atoms with van der Waals surface area (Å²) in [5, 5.41) is 16.9. The smallest absolute Gasteiger partial charge is 0.336 e. The number of nitrogens with zero attached hydrogens (tertiary/aromatic N) is 2. The summed E-state index contributed by atoms with van der Waals surface area (Å²) in [6.07, 6.45) is 0. The Kier molecular flexibility index (Phi) is 3.52. The Morgan fingerprint density at radius 1 is 1.44 bits per heavy atom. The second-order valence-electron chi connectivity index (χ2n) is 3.36. The summed E-state index contributed by atoms with van der Waals surface area (Å²) in [5.41, 5.74) is 0.164. The van der Waals surface area contributed by atoms with Crippen LogP contribution < -0.4 is 4.74 Å². The number of aromatic carboxylic acids is 1. The molecule has 0 aliphatic rings. The maximum absolute atomic E-state index is 11.1. The Morgan fingerprint density at radius 3 is 2.78 bits per heavy atom. The van der Waals surface area contributed by atoms with Crippen LogP contribution in [0.1, 0.15) is 16.2 Å². The van der Waals surface area contributed by atoms with Gasteiger partial charge in [-0.1, -0.05) is 0 Å². The first kappa shape index (κ1) is 12.4. The van der Waals surface area contributed by atoms with Crippen molar-refractivity contribution in [2.45, 2.75) is 17.0 Å². The topological polar surface area (TPSA) is 85.5 Å². The normalized spacial score (nSPS) is 10.3. The zero-order valence-electron chi connectivity index (χ0n) is 9.71. The molecule has 2 aromatic rings. The number of carbonyl (C=O) groups is 1. The molecule has 0 radical (unpaired) electrons. The number of hydrogen-bond acceptors (Lipinski definition) is 6. The van der Waals surface area contributed by atoms with E-state index in [0.29, 0.717) is 21.8 Å². The van der Waals surface area contributed by atoms with Gasteiger partial charge in [0.1, 0.15) is 5.75 Å². The fraction of sp³-hybridized carbons (Fsp3) is 0.182. The predicted molar refractivity (Wildman–Crippen MR) is 63.1 cm³/mol. The van der Waals surface area contributed by atoms with Gasteiger partial charge in [0.15, 0.2) is 0 Å². The molecule has 0 amide bonds. The van der Waals surface area contributed by atoms with Gasteiger partial charge in [0.2, 0.25) is 5.89 Å². The molecule has 2 rings (SSSR count). The van der Waals surface area contributed by atoms with Crippen molar-refractivity contribution in [3.8, 4) is 5.75 Å². The molecule has 18 heavy (non-hydrogen) atoms. The zero-order chi connectivity index (χ0) is 13.1. The van der Waals surface area contributed by atoms with Gasteiger partial charge < -0.3 is 14.3 Å². The Morgan fingerprint density at radius 2 is 2.22 bits per heavy atom. The van der Waals surface area contributed by atoms with E-state index >= 15 is 0 Å². The Bertz CT molecular complexity index is 582. The fourth-order valence-electron chi connectivity index (χ4n) is 1.30. The first-order chi connectivity index (χ1) is 8.60.